The van der Waals surface area contributed by atoms with Crippen LogP contribution in [-0.4, -0.2) is 11.2 Å². The first-order valence-corrected chi connectivity index (χ1v) is 5.32. The Hall–Kier alpha value is -2.19. The molecule has 0 amide bonds. The van der Waals surface area contributed by atoms with Crippen LogP contribution in [0.15, 0.2) is 39.8 Å². The monoisotopic (exact) mass is 228 g/mol. The molecule has 0 saturated heterocycles. The van der Waals surface area contributed by atoms with Crippen molar-refractivity contribution in [2.75, 3.05) is 0 Å². The minimum Gasteiger partial charge on any atom is -0.356 e. The number of isocyanates is 1. The Bertz CT molecular complexity index is 554. The zero-order valence-corrected chi connectivity index (χ0v) is 9.68. The quantitative estimate of drug-likeness (QED) is 0.599. The molecule has 0 N–H and O–H groups in total. The first-order chi connectivity index (χ1) is 8.24. The molecule has 86 valence electrons. The molecule has 0 aliphatic rings. The van der Waals surface area contributed by atoms with E-state index in [4.69, 9.17) is 4.52 Å². The summed E-state index contributed by atoms with van der Waals surface area (Å²) in [6, 6.07) is 9.34. The second-order valence-electron chi connectivity index (χ2n) is 3.77. The highest BCUT2D eigenvalue weighted by atomic mass is 16.5. The van der Waals surface area contributed by atoms with Crippen LogP contribution in [0.5, 0.6) is 0 Å². The number of rotatable bonds is 3. The van der Waals surface area contributed by atoms with Crippen molar-refractivity contribution >= 4 is 6.08 Å². The fourth-order valence-electron chi connectivity index (χ4n) is 1.81. The van der Waals surface area contributed by atoms with Gasteiger partial charge >= 0.3 is 0 Å². The van der Waals surface area contributed by atoms with Crippen molar-refractivity contribution in [1.82, 2.24) is 5.16 Å². The SMILES string of the molecule is Cc1noc(-c2ccccc2)c1[C@H](C)N=C=O. The maximum atomic E-state index is 10.3. The standard InChI is InChI=1S/C13H12N2O2/c1-9(14-8-16)12-10(2)15-17-13(12)11-6-4-3-5-7-11/h3-7,9H,1-2H3/t9-/m0/s1. The lowest BCUT2D eigenvalue weighted by Crippen LogP contribution is -1.93. The van der Waals surface area contributed by atoms with E-state index in [1.54, 1.807) is 6.08 Å². The second kappa shape index (κ2) is 4.76. The minimum atomic E-state index is -0.297. The summed E-state index contributed by atoms with van der Waals surface area (Å²) >= 11 is 0. The lowest BCUT2D eigenvalue weighted by atomic mass is 10.0. The molecule has 1 atom stereocenters. The van der Waals surface area contributed by atoms with Gasteiger partial charge in [0.05, 0.1) is 11.7 Å². The Morgan fingerprint density at radius 1 is 1.35 bits per heavy atom. The van der Waals surface area contributed by atoms with Gasteiger partial charge in [-0.3, -0.25) is 0 Å². The number of aryl methyl sites for hydroxylation is 1. The maximum absolute atomic E-state index is 10.3. The summed E-state index contributed by atoms with van der Waals surface area (Å²) in [5.74, 6) is 0.662. The fraction of sp³-hybridized carbons (Fsp3) is 0.231. The molecule has 2 aromatic rings. The number of hydrogen-bond donors (Lipinski definition) is 0. The smallest absolute Gasteiger partial charge is 0.235 e. The summed E-state index contributed by atoms with van der Waals surface area (Å²) in [5, 5.41) is 3.93. The first-order valence-electron chi connectivity index (χ1n) is 5.32. The third kappa shape index (κ3) is 2.17. The Morgan fingerprint density at radius 3 is 2.71 bits per heavy atom. The van der Waals surface area contributed by atoms with Gasteiger partial charge in [0.15, 0.2) is 5.76 Å². The number of aromatic nitrogens is 1. The maximum Gasteiger partial charge on any atom is 0.235 e. The van der Waals surface area contributed by atoms with Crippen LogP contribution in [0.4, 0.5) is 0 Å². The van der Waals surface area contributed by atoms with Crippen molar-refractivity contribution in [3.8, 4) is 11.3 Å². The average Bonchev–Trinajstić information content (AvgIpc) is 2.73. The molecule has 0 aliphatic heterocycles. The average molecular weight is 228 g/mol. The van der Waals surface area contributed by atoms with E-state index in [-0.39, 0.29) is 6.04 Å². The predicted molar refractivity (Wildman–Crippen MR) is 63.2 cm³/mol. The third-order valence-corrected chi connectivity index (χ3v) is 2.61. The summed E-state index contributed by atoms with van der Waals surface area (Å²) in [7, 11) is 0. The lowest BCUT2D eigenvalue weighted by Gasteiger charge is -2.04. The summed E-state index contributed by atoms with van der Waals surface area (Å²) in [4.78, 5) is 14.0. The molecule has 4 nitrogen and oxygen atoms in total. The van der Waals surface area contributed by atoms with Gasteiger partial charge < -0.3 is 4.52 Å². The van der Waals surface area contributed by atoms with Crippen molar-refractivity contribution in [3.05, 3.63) is 41.6 Å². The lowest BCUT2D eigenvalue weighted by molar-refractivity contribution is 0.426. The van der Waals surface area contributed by atoms with Crippen LogP contribution in [0.3, 0.4) is 0 Å². The first kappa shape index (κ1) is 11.3. The van der Waals surface area contributed by atoms with E-state index in [0.717, 1.165) is 16.8 Å². The highest BCUT2D eigenvalue weighted by molar-refractivity contribution is 5.62. The zero-order chi connectivity index (χ0) is 12.3. The van der Waals surface area contributed by atoms with Gasteiger partial charge in [-0.15, -0.1) is 0 Å². The fourth-order valence-corrected chi connectivity index (χ4v) is 1.81. The van der Waals surface area contributed by atoms with Crippen molar-refractivity contribution in [2.45, 2.75) is 19.9 Å². The van der Waals surface area contributed by atoms with E-state index >= 15 is 0 Å². The molecule has 0 bridgehead atoms. The Morgan fingerprint density at radius 2 is 2.06 bits per heavy atom. The van der Waals surface area contributed by atoms with E-state index in [1.165, 1.54) is 0 Å². The van der Waals surface area contributed by atoms with Crippen molar-refractivity contribution in [3.63, 3.8) is 0 Å². The molecule has 1 heterocycles. The van der Waals surface area contributed by atoms with Crippen molar-refractivity contribution < 1.29 is 9.32 Å². The molecule has 4 heteroatoms. The van der Waals surface area contributed by atoms with Gasteiger partial charge in [-0.05, 0) is 13.8 Å². The van der Waals surface area contributed by atoms with E-state index in [2.05, 4.69) is 10.1 Å². The molecule has 0 unspecified atom stereocenters. The number of nitrogens with zero attached hydrogens (tertiary/aromatic N) is 2. The summed E-state index contributed by atoms with van der Waals surface area (Å²) in [6.07, 6.45) is 1.57. The normalized spacial score (nSPS) is 11.9. The molecule has 0 aliphatic carbocycles. The molecule has 0 saturated carbocycles. The van der Waals surface area contributed by atoms with Crippen LogP contribution in [0, 0.1) is 6.92 Å². The molecule has 1 aromatic carbocycles. The van der Waals surface area contributed by atoms with E-state index in [1.807, 2.05) is 44.2 Å². The van der Waals surface area contributed by atoms with Crippen molar-refractivity contribution in [2.24, 2.45) is 4.99 Å². The van der Waals surface area contributed by atoms with Crippen LogP contribution < -0.4 is 0 Å². The van der Waals surface area contributed by atoms with Gasteiger partial charge in [0.2, 0.25) is 6.08 Å². The number of carbonyl (C=O) groups excluding carboxylic acids is 1. The predicted octanol–water partition coefficient (Wildman–Crippen LogP) is 3.05. The highest BCUT2D eigenvalue weighted by Gasteiger charge is 2.19. The van der Waals surface area contributed by atoms with E-state index < -0.39 is 0 Å². The van der Waals surface area contributed by atoms with Gasteiger partial charge in [0, 0.05) is 11.1 Å². The molecule has 0 spiro atoms. The van der Waals surface area contributed by atoms with Crippen LogP contribution >= 0.6 is 0 Å². The van der Waals surface area contributed by atoms with Crippen LogP contribution in [0.1, 0.15) is 24.2 Å². The van der Waals surface area contributed by atoms with E-state index in [0.29, 0.717) is 5.76 Å². The summed E-state index contributed by atoms with van der Waals surface area (Å²) in [6.45, 7) is 3.65. The number of benzene rings is 1. The highest BCUT2D eigenvalue weighted by Crippen LogP contribution is 2.32. The van der Waals surface area contributed by atoms with E-state index in [9.17, 15) is 4.79 Å². The van der Waals surface area contributed by atoms with Crippen LogP contribution in [0.25, 0.3) is 11.3 Å². The minimum absolute atomic E-state index is 0.297. The topological polar surface area (TPSA) is 55.5 Å². The van der Waals surface area contributed by atoms with Gasteiger partial charge in [0.1, 0.15) is 0 Å². The number of hydrogen-bond acceptors (Lipinski definition) is 4. The summed E-state index contributed by atoms with van der Waals surface area (Å²) < 4.78 is 5.31. The van der Waals surface area contributed by atoms with Gasteiger partial charge in [0.25, 0.3) is 0 Å². The molecule has 17 heavy (non-hydrogen) atoms. The Balaban J connectivity index is 2.53. The Labute approximate surface area is 99.0 Å². The van der Waals surface area contributed by atoms with Gasteiger partial charge in [-0.25, -0.2) is 4.79 Å². The molecule has 0 fully saturated rings. The van der Waals surface area contributed by atoms with Crippen molar-refractivity contribution in [1.29, 1.82) is 0 Å². The zero-order valence-electron chi connectivity index (χ0n) is 9.68. The second-order valence-corrected chi connectivity index (χ2v) is 3.77. The molecular weight excluding hydrogens is 216 g/mol. The largest absolute Gasteiger partial charge is 0.356 e. The van der Waals surface area contributed by atoms with Crippen LogP contribution in [-0.2, 0) is 4.79 Å². The molecular formula is C13H12N2O2. The summed E-state index contributed by atoms with van der Waals surface area (Å²) in [5.41, 5.74) is 2.51. The number of aliphatic imine (C=N–C) groups is 1. The molecule has 2 rings (SSSR count). The van der Waals surface area contributed by atoms with Crippen LogP contribution in [0.2, 0.25) is 0 Å². The van der Waals surface area contributed by atoms with Gasteiger partial charge in [-0.2, -0.15) is 4.99 Å². The molecule has 0 radical (unpaired) electrons. The Kier molecular flexibility index (Phi) is 3.17. The molecule has 1 aromatic heterocycles. The van der Waals surface area contributed by atoms with Gasteiger partial charge in [-0.1, -0.05) is 35.5 Å². The third-order valence-electron chi connectivity index (χ3n) is 2.61.